The highest BCUT2D eigenvalue weighted by Gasteiger charge is 2.20. The van der Waals surface area contributed by atoms with E-state index >= 15 is 0 Å². The number of thiazole rings is 1. The molecule has 0 saturated carbocycles. The number of nitrogens with zero attached hydrogens (tertiary/aromatic N) is 3. The molecular weight excluding hydrogens is 380 g/mol. The van der Waals surface area contributed by atoms with E-state index in [0.717, 1.165) is 47.6 Å². The monoisotopic (exact) mass is 404 g/mol. The summed E-state index contributed by atoms with van der Waals surface area (Å²) in [5.41, 5.74) is 2.89. The second kappa shape index (κ2) is 9.23. The van der Waals surface area contributed by atoms with Gasteiger partial charge in [-0.3, -0.25) is 9.59 Å². The Kier molecular flexibility index (Phi) is 6.73. The SMILES string of the molecule is CCC(=O)N1CCN(c2ccc(NC(=O)CSc3nc(C)cs3)cc2)CC1. The van der Waals surface area contributed by atoms with Crippen molar-refractivity contribution >= 4 is 46.3 Å². The number of thioether (sulfide) groups is 1. The van der Waals surface area contributed by atoms with E-state index in [4.69, 9.17) is 0 Å². The third-order valence-electron chi connectivity index (χ3n) is 4.38. The largest absolute Gasteiger partial charge is 0.368 e. The minimum atomic E-state index is -0.0349. The smallest absolute Gasteiger partial charge is 0.234 e. The maximum absolute atomic E-state index is 12.1. The van der Waals surface area contributed by atoms with Gasteiger partial charge in [-0.05, 0) is 31.2 Å². The minimum absolute atomic E-state index is 0.0349. The Morgan fingerprint density at radius 3 is 2.48 bits per heavy atom. The maximum Gasteiger partial charge on any atom is 0.234 e. The summed E-state index contributed by atoms with van der Waals surface area (Å²) < 4.78 is 0.915. The first kappa shape index (κ1) is 19.7. The van der Waals surface area contributed by atoms with Crippen LogP contribution >= 0.6 is 23.1 Å². The van der Waals surface area contributed by atoms with Crippen LogP contribution in [0.1, 0.15) is 19.0 Å². The molecule has 1 aromatic carbocycles. The molecule has 6 nitrogen and oxygen atoms in total. The highest BCUT2D eigenvalue weighted by molar-refractivity contribution is 8.01. The number of rotatable bonds is 6. The van der Waals surface area contributed by atoms with Gasteiger partial charge in [0.05, 0.1) is 5.75 Å². The number of hydrogen-bond acceptors (Lipinski definition) is 6. The van der Waals surface area contributed by atoms with E-state index in [1.165, 1.54) is 11.8 Å². The first-order chi connectivity index (χ1) is 13.0. The predicted molar refractivity (Wildman–Crippen MR) is 112 cm³/mol. The predicted octanol–water partition coefficient (Wildman–Crippen LogP) is 3.24. The highest BCUT2D eigenvalue weighted by Crippen LogP contribution is 2.23. The van der Waals surface area contributed by atoms with Gasteiger partial charge in [-0.15, -0.1) is 11.3 Å². The lowest BCUT2D eigenvalue weighted by molar-refractivity contribution is -0.131. The van der Waals surface area contributed by atoms with Gasteiger partial charge in [-0.2, -0.15) is 0 Å². The molecule has 0 aliphatic carbocycles. The first-order valence-corrected chi connectivity index (χ1v) is 10.9. The van der Waals surface area contributed by atoms with Crippen LogP contribution in [-0.2, 0) is 9.59 Å². The van der Waals surface area contributed by atoms with Crippen LogP contribution in [0.2, 0.25) is 0 Å². The van der Waals surface area contributed by atoms with Crippen LogP contribution < -0.4 is 10.2 Å². The van der Waals surface area contributed by atoms with Crippen molar-refractivity contribution in [3.8, 4) is 0 Å². The van der Waals surface area contributed by atoms with Gasteiger partial charge in [0.2, 0.25) is 11.8 Å². The molecule has 1 aliphatic rings. The molecule has 2 amide bonds. The molecular formula is C19H24N4O2S2. The van der Waals surface area contributed by atoms with Crippen molar-refractivity contribution in [3.63, 3.8) is 0 Å². The molecule has 1 saturated heterocycles. The van der Waals surface area contributed by atoms with E-state index < -0.39 is 0 Å². The van der Waals surface area contributed by atoms with Crippen molar-refractivity contribution in [1.29, 1.82) is 0 Å². The number of aromatic nitrogens is 1. The summed E-state index contributed by atoms with van der Waals surface area (Å²) in [5, 5.41) is 4.91. The lowest BCUT2D eigenvalue weighted by Gasteiger charge is -2.36. The normalized spacial score (nSPS) is 14.3. The van der Waals surface area contributed by atoms with Crippen LogP contribution in [0.25, 0.3) is 0 Å². The topological polar surface area (TPSA) is 65.5 Å². The summed E-state index contributed by atoms with van der Waals surface area (Å²) in [6, 6.07) is 7.89. The Labute approximate surface area is 168 Å². The van der Waals surface area contributed by atoms with Crippen LogP contribution in [0.3, 0.4) is 0 Å². The van der Waals surface area contributed by atoms with Crippen molar-refractivity contribution in [2.45, 2.75) is 24.6 Å². The number of aryl methyl sites for hydroxylation is 1. The molecule has 144 valence electrons. The Morgan fingerprint density at radius 2 is 1.89 bits per heavy atom. The van der Waals surface area contributed by atoms with Crippen LogP contribution in [0.5, 0.6) is 0 Å². The number of amides is 2. The van der Waals surface area contributed by atoms with Crippen LogP contribution in [0.4, 0.5) is 11.4 Å². The zero-order chi connectivity index (χ0) is 19.2. The van der Waals surface area contributed by atoms with Crippen LogP contribution in [-0.4, -0.2) is 53.6 Å². The third-order valence-corrected chi connectivity index (χ3v) is 6.51. The zero-order valence-corrected chi connectivity index (χ0v) is 17.2. The zero-order valence-electron chi connectivity index (χ0n) is 15.6. The van der Waals surface area contributed by atoms with E-state index in [1.54, 1.807) is 11.3 Å². The Morgan fingerprint density at radius 1 is 1.19 bits per heavy atom. The number of hydrogen-bond donors (Lipinski definition) is 1. The lowest BCUT2D eigenvalue weighted by atomic mass is 10.2. The Bertz CT molecular complexity index is 783. The number of nitrogens with one attached hydrogen (secondary N) is 1. The first-order valence-electron chi connectivity index (χ1n) is 9.02. The molecule has 1 aliphatic heterocycles. The molecule has 2 heterocycles. The van der Waals surface area contributed by atoms with Gasteiger partial charge < -0.3 is 15.1 Å². The number of benzene rings is 1. The third kappa shape index (κ3) is 5.46. The molecule has 3 rings (SSSR count). The van der Waals surface area contributed by atoms with E-state index in [1.807, 2.05) is 48.4 Å². The molecule has 2 aromatic rings. The average molecular weight is 405 g/mol. The summed E-state index contributed by atoms with van der Waals surface area (Å²) in [6.45, 7) is 7.04. The fraction of sp³-hybridized carbons (Fsp3) is 0.421. The van der Waals surface area contributed by atoms with E-state index in [9.17, 15) is 9.59 Å². The Hall–Kier alpha value is -2.06. The van der Waals surface area contributed by atoms with Gasteiger partial charge in [0.1, 0.15) is 0 Å². The molecule has 0 radical (unpaired) electrons. The number of carbonyl (C=O) groups excluding carboxylic acids is 2. The quantitative estimate of drug-likeness (QED) is 0.749. The number of anilines is 2. The molecule has 8 heteroatoms. The van der Waals surface area contributed by atoms with E-state index in [-0.39, 0.29) is 11.8 Å². The van der Waals surface area contributed by atoms with Crippen molar-refractivity contribution in [2.24, 2.45) is 0 Å². The van der Waals surface area contributed by atoms with Gasteiger partial charge in [0, 0.05) is 55.0 Å². The number of piperazine rings is 1. The second-order valence-corrected chi connectivity index (χ2v) is 8.44. The molecule has 1 aromatic heterocycles. The summed E-state index contributed by atoms with van der Waals surface area (Å²) in [5.74, 6) is 0.535. The fourth-order valence-electron chi connectivity index (χ4n) is 2.92. The fourth-order valence-corrected chi connectivity index (χ4v) is 4.57. The lowest BCUT2D eigenvalue weighted by Crippen LogP contribution is -2.48. The van der Waals surface area contributed by atoms with Gasteiger partial charge in [0.25, 0.3) is 0 Å². The van der Waals surface area contributed by atoms with Gasteiger partial charge in [0.15, 0.2) is 4.34 Å². The Balaban J connectivity index is 1.47. The molecule has 0 spiro atoms. The second-order valence-electron chi connectivity index (χ2n) is 6.36. The maximum atomic E-state index is 12.1. The highest BCUT2D eigenvalue weighted by atomic mass is 32.2. The standard InChI is InChI=1S/C19H24N4O2S2/c1-3-18(25)23-10-8-22(9-11-23)16-6-4-15(5-7-16)21-17(24)13-27-19-20-14(2)12-26-19/h4-7,12H,3,8-11,13H2,1-2H3,(H,21,24). The van der Waals surface area contributed by atoms with Gasteiger partial charge >= 0.3 is 0 Å². The summed E-state index contributed by atoms with van der Waals surface area (Å²) >= 11 is 3.01. The van der Waals surface area contributed by atoms with Gasteiger partial charge in [-0.25, -0.2) is 4.98 Å². The summed E-state index contributed by atoms with van der Waals surface area (Å²) in [4.78, 5) is 32.4. The molecule has 27 heavy (non-hydrogen) atoms. The number of carbonyl (C=O) groups is 2. The molecule has 1 fully saturated rings. The van der Waals surface area contributed by atoms with Crippen LogP contribution in [0.15, 0.2) is 34.0 Å². The molecule has 0 atom stereocenters. The van der Waals surface area contributed by atoms with E-state index in [0.29, 0.717) is 12.2 Å². The summed E-state index contributed by atoms with van der Waals surface area (Å²) in [7, 11) is 0. The molecule has 0 unspecified atom stereocenters. The average Bonchev–Trinajstić information content (AvgIpc) is 3.12. The van der Waals surface area contributed by atoms with Crippen molar-refractivity contribution in [3.05, 3.63) is 35.3 Å². The van der Waals surface area contributed by atoms with E-state index in [2.05, 4.69) is 15.2 Å². The molecule has 1 N–H and O–H groups in total. The molecule has 0 bridgehead atoms. The van der Waals surface area contributed by atoms with Crippen molar-refractivity contribution in [1.82, 2.24) is 9.88 Å². The summed E-state index contributed by atoms with van der Waals surface area (Å²) in [6.07, 6.45) is 0.564. The van der Waals surface area contributed by atoms with Crippen molar-refractivity contribution < 1.29 is 9.59 Å². The minimum Gasteiger partial charge on any atom is -0.368 e. The van der Waals surface area contributed by atoms with Crippen molar-refractivity contribution in [2.75, 3.05) is 42.1 Å². The van der Waals surface area contributed by atoms with Gasteiger partial charge in [-0.1, -0.05) is 18.7 Å². The van der Waals surface area contributed by atoms with Crippen LogP contribution in [0, 0.1) is 6.92 Å².